The van der Waals surface area contributed by atoms with Crippen molar-refractivity contribution < 1.29 is 19.3 Å². The van der Waals surface area contributed by atoms with E-state index in [1.807, 2.05) is 29.2 Å². The Morgan fingerprint density at radius 3 is 2.55 bits per heavy atom. The largest absolute Gasteiger partial charge is 0.477 e. The molecule has 0 saturated carbocycles. The number of hydrogen-bond acceptors (Lipinski definition) is 9. The van der Waals surface area contributed by atoms with Crippen LogP contribution in [-0.4, -0.2) is 57.5 Å². The van der Waals surface area contributed by atoms with Gasteiger partial charge < -0.3 is 30.0 Å². The lowest BCUT2D eigenvalue weighted by Gasteiger charge is -2.50. The molecule has 3 aromatic rings. The molecule has 0 amide bonds. The average Bonchev–Trinajstić information content (AvgIpc) is 3.20. The van der Waals surface area contributed by atoms with Crippen LogP contribution in [0.3, 0.4) is 0 Å². The number of anilines is 2. The number of aliphatic hydroxyl groups is 1. The first kappa shape index (κ1) is 23.2. The van der Waals surface area contributed by atoms with Crippen molar-refractivity contribution in [2.24, 2.45) is 7.05 Å². The fourth-order valence-electron chi connectivity index (χ4n) is 4.30. The number of methoxy groups -OCH3 is 2. The van der Waals surface area contributed by atoms with Crippen molar-refractivity contribution in [1.82, 2.24) is 20.2 Å². The molecule has 3 atom stereocenters. The molecule has 0 bridgehead atoms. The van der Waals surface area contributed by atoms with Crippen LogP contribution in [0.5, 0.6) is 5.75 Å². The van der Waals surface area contributed by atoms with E-state index in [9.17, 15) is 5.11 Å². The van der Waals surface area contributed by atoms with Crippen molar-refractivity contribution in [3.63, 3.8) is 0 Å². The monoisotopic (exact) mass is 474 g/mol. The summed E-state index contributed by atoms with van der Waals surface area (Å²) < 4.78 is 17.3. The number of nitrogen functional groups attached to an aromatic ring is 1. The maximum absolute atomic E-state index is 11.8. The Bertz CT molecular complexity index is 1110. The molecule has 3 unspecified atom stereocenters. The van der Waals surface area contributed by atoms with Gasteiger partial charge in [-0.2, -0.15) is 4.80 Å². The van der Waals surface area contributed by atoms with Gasteiger partial charge in [0.05, 0.1) is 25.3 Å². The summed E-state index contributed by atoms with van der Waals surface area (Å²) in [6.07, 6.45) is -1.96. The number of para-hydroxylation sites is 1. The summed E-state index contributed by atoms with van der Waals surface area (Å²) in [6.45, 7) is 1.99. The Labute approximate surface area is 196 Å². The lowest BCUT2D eigenvalue weighted by Crippen LogP contribution is -2.62. The van der Waals surface area contributed by atoms with E-state index >= 15 is 0 Å². The van der Waals surface area contributed by atoms with Gasteiger partial charge in [0.1, 0.15) is 11.9 Å². The topological polar surface area (TPSA) is 121 Å². The van der Waals surface area contributed by atoms with Gasteiger partial charge in [0.25, 0.3) is 0 Å². The summed E-state index contributed by atoms with van der Waals surface area (Å²) >= 11 is 6.15. The predicted molar refractivity (Wildman–Crippen MR) is 123 cm³/mol. The molecule has 0 spiro atoms. The molecular weight excluding hydrogens is 448 g/mol. The van der Waals surface area contributed by atoms with Gasteiger partial charge in [-0.15, -0.1) is 10.2 Å². The van der Waals surface area contributed by atoms with Crippen molar-refractivity contribution in [2.45, 2.75) is 37.5 Å². The van der Waals surface area contributed by atoms with Crippen molar-refractivity contribution in [1.29, 1.82) is 0 Å². The number of benzene rings is 2. The molecule has 1 aliphatic rings. The third-order valence-electron chi connectivity index (χ3n) is 5.85. The second-order valence-electron chi connectivity index (χ2n) is 8.04. The number of tetrazole rings is 1. The van der Waals surface area contributed by atoms with Crippen LogP contribution in [-0.2, 0) is 23.1 Å². The van der Waals surface area contributed by atoms with Crippen LogP contribution in [0.1, 0.15) is 24.4 Å². The van der Waals surface area contributed by atoms with Crippen LogP contribution in [0, 0.1) is 0 Å². The van der Waals surface area contributed by atoms with Gasteiger partial charge >= 0.3 is 0 Å². The van der Waals surface area contributed by atoms with Crippen molar-refractivity contribution in [3.05, 3.63) is 58.9 Å². The quantitative estimate of drug-likeness (QED) is 0.392. The molecule has 0 aliphatic carbocycles. The second-order valence-corrected chi connectivity index (χ2v) is 8.48. The molecule has 1 aliphatic heterocycles. The number of rotatable bonds is 7. The number of aromatic nitrogens is 4. The van der Waals surface area contributed by atoms with Gasteiger partial charge in [-0.3, -0.25) is 0 Å². The Morgan fingerprint density at radius 2 is 1.94 bits per heavy atom. The summed E-state index contributed by atoms with van der Waals surface area (Å²) in [7, 11) is 4.69. The fourth-order valence-corrected chi connectivity index (χ4v) is 4.43. The Balaban J connectivity index is 1.89. The van der Waals surface area contributed by atoms with Gasteiger partial charge in [-0.25, -0.2) is 0 Å². The normalized spacial score (nSPS) is 22.2. The SMILES string of the molecule is COC(OC)C1(C)Oc2c(N)cccc2C(N(Cc2nnn(C)n2)c2ccc(Cl)cc2)C1O. The molecule has 2 aromatic carbocycles. The summed E-state index contributed by atoms with van der Waals surface area (Å²) in [5.74, 6) is 0.939. The maximum atomic E-state index is 11.8. The van der Waals surface area contributed by atoms with E-state index in [2.05, 4.69) is 15.4 Å². The number of fused-ring (bicyclic) bond motifs is 1. The number of nitrogens with zero attached hydrogens (tertiary/aromatic N) is 5. The number of hydrogen-bond donors (Lipinski definition) is 2. The van der Waals surface area contributed by atoms with E-state index in [4.69, 9.17) is 31.5 Å². The maximum Gasteiger partial charge on any atom is 0.199 e. The highest BCUT2D eigenvalue weighted by Gasteiger charge is 2.54. The van der Waals surface area contributed by atoms with E-state index in [0.29, 0.717) is 27.8 Å². The van der Waals surface area contributed by atoms with Crippen molar-refractivity contribution in [2.75, 3.05) is 24.9 Å². The zero-order valence-corrected chi connectivity index (χ0v) is 19.6. The zero-order valence-electron chi connectivity index (χ0n) is 18.8. The summed E-state index contributed by atoms with van der Waals surface area (Å²) in [6, 6.07) is 12.1. The number of ether oxygens (including phenoxy) is 3. The van der Waals surface area contributed by atoms with Crippen LogP contribution in [0.25, 0.3) is 0 Å². The Morgan fingerprint density at radius 1 is 1.24 bits per heavy atom. The first-order valence-electron chi connectivity index (χ1n) is 10.3. The predicted octanol–water partition coefficient (Wildman–Crippen LogP) is 2.32. The highest BCUT2D eigenvalue weighted by atomic mass is 35.5. The summed E-state index contributed by atoms with van der Waals surface area (Å²) in [5.41, 5.74) is 6.97. The third-order valence-corrected chi connectivity index (χ3v) is 6.11. The highest BCUT2D eigenvalue weighted by Crippen LogP contribution is 2.48. The van der Waals surface area contributed by atoms with E-state index in [0.717, 1.165) is 5.69 Å². The lowest BCUT2D eigenvalue weighted by atomic mass is 9.83. The minimum Gasteiger partial charge on any atom is -0.477 e. The van der Waals surface area contributed by atoms with Crippen LogP contribution in [0.4, 0.5) is 11.4 Å². The van der Waals surface area contributed by atoms with E-state index in [1.165, 1.54) is 19.0 Å². The van der Waals surface area contributed by atoms with Gasteiger partial charge in [0.15, 0.2) is 17.7 Å². The first-order valence-corrected chi connectivity index (χ1v) is 10.7. The number of aliphatic hydroxyl groups excluding tert-OH is 1. The minimum absolute atomic E-state index is 0.256. The average molecular weight is 475 g/mol. The fraction of sp³-hybridized carbons (Fsp3) is 0.409. The molecule has 0 radical (unpaired) electrons. The Kier molecular flexibility index (Phi) is 6.44. The van der Waals surface area contributed by atoms with Crippen LogP contribution in [0.2, 0.25) is 5.02 Å². The van der Waals surface area contributed by atoms with Gasteiger partial charge in [-0.1, -0.05) is 23.7 Å². The van der Waals surface area contributed by atoms with Crippen LogP contribution < -0.4 is 15.4 Å². The summed E-state index contributed by atoms with van der Waals surface area (Å²) in [5, 5.41) is 24.8. The van der Waals surface area contributed by atoms with Gasteiger partial charge in [0.2, 0.25) is 0 Å². The summed E-state index contributed by atoms with van der Waals surface area (Å²) in [4.78, 5) is 3.36. The molecule has 0 fully saturated rings. The first-order chi connectivity index (χ1) is 15.8. The third kappa shape index (κ3) is 4.22. The molecule has 0 saturated heterocycles. The standard InChI is InChI=1S/C22H27ClN6O4/c1-22(21(31-3)32-4)20(30)18(15-6-5-7-16(24)19(15)33-22)29(12-17-25-27-28(2)26-17)14-10-8-13(23)9-11-14/h5-11,18,20-21,30H,12,24H2,1-4H3. The molecule has 3 N–H and O–H groups in total. The van der Waals surface area contributed by atoms with Gasteiger partial charge in [-0.05, 0) is 42.5 Å². The van der Waals surface area contributed by atoms with Gasteiger partial charge in [0, 0.05) is 30.5 Å². The van der Waals surface area contributed by atoms with Crippen molar-refractivity contribution >= 4 is 23.0 Å². The second kappa shape index (κ2) is 9.14. The van der Waals surface area contributed by atoms with E-state index in [1.54, 1.807) is 32.2 Å². The molecule has 2 heterocycles. The zero-order chi connectivity index (χ0) is 23.8. The molecule has 1 aromatic heterocycles. The highest BCUT2D eigenvalue weighted by molar-refractivity contribution is 6.30. The number of halogens is 1. The van der Waals surface area contributed by atoms with E-state index < -0.39 is 24.0 Å². The molecule has 10 nitrogen and oxygen atoms in total. The van der Waals surface area contributed by atoms with Crippen molar-refractivity contribution in [3.8, 4) is 5.75 Å². The minimum atomic E-state index is -1.28. The number of aryl methyl sites for hydroxylation is 1. The molecule has 33 heavy (non-hydrogen) atoms. The number of nitrogens with two attached hydrogens (primary N) is 1. The molecule has 4 rings (SSSR count). The smallest absolute Gasteiger partial charge is 0.199 e. The van der Waals surface area contributed by atoms with Crippen LogP contribution in [0.15, 0.2) is 42.5 Å². The van der Waals surface area contributed by atoms with E-state index in [-0.39, 0.29) is 6.54 Å². The lowest BCUT2D eigenvalue weighted by molar-refractivity contribution is -0.237. The Hall–Kier alpha value is -2.92. The molecule has 11 heteroatoms. The van der Waals surface area contributed by atoms with Crippen LogP contribution >= 0.6 is 11.6 Å². The molecule has 176 valence electrons. The molecular formula is C22H27ClN6O4.